The molecule has 43 heavy (non-hydrogen) atoms. The molecule has 0 saturated heterocycles. The van der Waals surface area contributed by atoms with E-state index >= 15 is 0 Å². The van der Waals surface area contributed by atoms with Crippen molar-refractivity contribution in [3.05, 3.63) is 17.7 Å². The fourth-order valence-electron chi connectivity index (χ4n) is 6.02. The van der Waals surface area contributed by atoms with Crippen LogP contribution >= 0.6 is 0 Å². The third-order valence-electron chi connectivity index (χ3n) is 7.77. The minimum Gasteiger partial charge on any atom is -0.446 e. The zero-order valence-electron chi connectivity index (χ0n) is 22.9. The van der Waals surface area contributed by atoms with E-state index in [4.69, 9.17) is 4.74 Å². The largest absolute Gasteiger partial charge is 0.586 e. The average Bonchev–Trinajstić information content (AvgIpc) is 3.47. The summed E-state index contributed by atoms with van der Waals surface area (Å²) >= 11 is 0. The normalized spacial score (nSPS) is 25.3. The standard InChI is InChI=1S/C25H28F8N6O4/c1-12(2)41-22(40)38-5-3-4-17(16-9-19-20(10-18(16)38)43-25(32,33)42-19)39(21-34-36-37-35-21)11-13-6-14(23(26,27)28)8-15(7-13)24(29,30)31/h9-10,12-15,17H,3-8,11H2,1-2H3,(H,34,35,36,37). The van der Waals surface area contributed by atoms with Crippen LogP contribution in [0.3, 0.4) is 0 Å². The van der Waals surface area contributed by atoms with E-state index in [1.165, 1.54) is 21.9 Å². The minimum atomic E-state index is -4.84. The first-order chi connectivity index (χ1) is 20.0. The molecule has 10 nitrogen and oxygen atoms in total. The van der Waals surface area contributed by atoms with Crippen LogP contribution in [0.15, 0.2) is 12.1 Å². The molecular weight excluding hydrogens is 600 g/mol. The van der Waals surface area contributed by atoms with Crippen LogP contribution in [0.25, 0.3) is 0 Å². The molecule has 1 aromatic carbocycles. The maximum atomic E-state index is 14.0. The molecule has 1 amide bonds. The molecular formula is C25H28F8N6O4. The van der Waals surface area contributed by atoms with Crippen LogP contribution in [0.4, 0.5) is 51.6 Å². The highest BCUT2D eigenvalue weighted by Gasteiger charge is 2.52. The minimum absolute atomic E-state index is 0.0564. The van der Waals surface area contributed by atoms with E-state index in [1.807, 2.05) is 0 Å². The van der Waals surface area contributed by atoms with Gasteiger partial charge in [0, 0.05) is 24.7 Å². The molecule has 1 aliphatic carbocycles. The van der Waals surface area contributed by atoms with Gasteiger partial charge in [0.25, 0.3) is 5.95 Å². The Morgan fingerprint density at radius 3 is 2.28 bits per heavy atom. The van der Waals surface area contributed by atoms with Crippen LogP contribution in [0, 0.1) is 17.8 Å². The number of rotatable bonds is 5. The summed E-state index contributed by atoms with van der Waals surface area (Å²) < 4.78 is 125. The second-order valence-electron chi connectivity index (χ2n) is 11.2. The number of aromatic amines is 1. The number of tetrazole rings is 1. The molecule has 0 radical (unpaired) electrons. The Bertz CT molecular complexity index is 1280. The molecule has 0 spiro atoms. The predicted octanol–water partition coefficient (Wildman–Crippen LogP) is 6.37. The van der Waals surface area contributed by atoms with Crippen molar-refractivity contribution in [3.8, 4) is 11.5 Å². The molecule has 1 saturated carbocycles. The van der Waals surface area contributed by atoms with Gasteiger partial charge in [0.2, 0.25) is 0 Å². The molecule has 3 unspecified atom stereocenters. The van der Waals surface area contributed by atoms with Gasteiger partial charge in [0.05, 0.1) is 29.7 Å². The van der Waals surface area contributed by atoms with Gasteiger partial charge < -0.3 is 19.1 Å². The predicted molar refractivity (Wildman–Crippen MR) is 132 cm³/mol. The first kappa shape index (κ1) is 30.8. The van der Waals surface area contributed by atoms with Gasteiger partial charge in [-0.2, -0.15) is 31.6 Å². The number of carbonyl (C=O) groups is 1. The topological polar surface area (TPSA) is 106 Å². The molecule has 1 fully saturated rings. The summed E-state index contributed by atoms with van der Waals surface area (Å²) in [5.74, 6) is -6.32. The van der Waals surface area contributed by atoms with E-state index in [2.05, 4.69) is 30.1 Å². The van der Waals surface area contributed by atoms with Gasteiger partial charge in [0.15, 0.2) is 11.5 Å². The molecule has 3 atom stereocenters. The highest BCUT2D eigenvalue weighted by atomic mass is 19.4. The van der Waals surface area contributed by atoms with E-state index in [1.54, 1.807) is 13.8 Å². The average molecular weight is 629 g/mol. The van der Waals surface area contributed by atoms with Crippen LogP contribution in [0.5, 0.6) is 11.5 Å². The number of ether oxygens (including phenoxy) is 3. The third kappa shape index (κ3) is 6.66. The second-order valence-corrected chi connectivity index (χ2v) is 11.2. The smallest absolute Gasteiger partial charge is 0.446 e. The molecule has 1 aromatic heterocycles. The zero-order chi connectivity index (χ0) is 31.3. The molecule has 0 bridgehead atoms. The summed E-state index contributed by atoms with van der Waals surface area (Å²) in [4.78, 5) is 15.7. The first-order valence-corrected chi connectivity index (χ1v) is 13.6. The number of aromatic nitrogens is 4. The molecule has 5 rings (SSSR count). The van der Waals surface area contributed by atoms with Gasteiger partial charge in [-0.25, -0.2) is 4.79 Å². The highest BCUT2D eigenvalue weighted by molar-refractivity contribution is 5.90. The zero-order valence-corrected chi connectivity index (χ0v) is 22.9. The van der Waals surface area contributed by atoms with Gasteiger partial charge in [0.1, 0.15) is 0 Å². The van der Waals surface area contributed by atoms with Crippen molar-refractivity contribution in [1.29, 1.82) is 0 Å². The van der Waals surface area contributed by atoms with Gasteiger partial charge >= 0.3 is 24.7 Å². The molecule has 1 N–H and O–H groups in total. The van der Waals surface area contributed by atoms with Crippen molar-refractivity contribution >= 4 is 17.7 Å². The van der Waals surface area contributed by atoms with E-state index in [-0.39, 0.29) is 54.6 Å². The van der Waals surface area contributed by atoms with Crippen molar-refractivity contribution in [2.24, 2.45) is 17.8 Å². The number of H-pyrrole nitrogens is 1. The molecule has 18 heteroatoms. The Hall–Kier alpha value is -3.60. The molecule has 2 aromatic rings. The number of anilines is 2. The van der Waals surface area contributed by atoms with Gasteiger partial charge in [-0.3, -0.25) is 4.90 Å². The number of amides is 1. The number of fused-ring (bicyclic) bond motifs is 2. The lowest BCUT2D eigenvalue weighted by molar-refractivity contribution is -0.286. The number of hydrogen-bond donors (Lipinski definition) is 1. The second kappa shape index (κ2) is 11.2. The van der Waals surface area contributed by atoms with Crippen molar-refractivity contribution in [3.63, 3.8) is 0 Å². The van der Waals surface area contributed by atoms with Crippen LogP contribution in [0.2, 0.25) is 0 Å². The maximum Gasteiger partial charge on any atom is 0.586 e. The summed E-state index contributed by atoms with van der Waals surface area (Å²) in [6, 6.07) is 1.48. The van der Waals surface area contributed by atoms with Crippen molar-refractivity contribution in [1.82, 2.24) is 20.6 Å². The summed E-state index contributed by atoms with van der Waals surface area (Å²) in [5, 5.41) is 13.6. The number of nitrogens with zero attached hydrogens (tertiary/aromatic N) is 5. The number of halogens is 8. The van der Waals surface area contributed by atoms with E-state index in [0.717, 1.165) is 0 Å². The Kier molecular flexibility index (Phi) is 8.00. The van der Waals surface area contributed by atoms with Gasteiger partial charge in [-0.05, 0) is 63.1 Å². The fourth-order valence-corrected chi connectivity index (χ4v) is 6.02. The van der Waals surface area contributed by atoms with Crippen LogP contribution in [-0.4, -0.2) is 64.6 Å². The third-order valence-corrected chi connectivity index (χ3v) is 7.77. The Morgan fingerprint density at radius 1 is 1.09 bits per heavy atom. The summed E-state index contributed by atoms with van der Waals surface area (Å²) in [7, 11) is 0. The Balaban J connectivity index is 1.56. The lowest BCUT2D eigenvalue weighted by Gasteiger charge is -2.40. The number of nitrogens with one attached hydrogen (secondary N) is 1. The summed E-state index contributed by atoms with van der Waals surface area (Å²) in [6.07, 6.45) is -16.7. The summed E-state index contributed by atoms with van der Waals surface area (Å²) in [6.45, 7) is 2.94. The van der Waals surface area contributed by atoms with Gasteiger partial charge in [-0.15, -0.1) is 13.9 Å². The van der Waals surface area contributed by atoms with Crippen LogP contribution < -0.4 is 19.3 Å². The van der Waals surface area contributed by atoms with Gasteiger partial charge in [-0.1, -0.05) is 5.10 Å². The fraction of sp³-hybridized carbons (Fsp3) is 0.680. The number of alkyl halides is 8. The highest BCUT2D eigenvalue weighted by Crippen LogP contribution is 2.51. The van der Waals surface area contributed by atoms with Crippen LogP contribution in [-0.2, 0) is 4.74 Å². The number of carbonyl (C=O) groups excluding carboxylic acids is 1. The van der Waals surface area contributed by atoms with E-state index < -0.39 is 73.9 Å². The Morgan fingerprint density at radius 2 is 1.72 bits per heavy atom. The lowest BCUT2D eigenvalue weighted by atomic mass is 9.74. The monoisotopic (exact) mass is 628 g/mol. The van der Waals surface area contributed by atoms with Crippen molar-refractivity contribution in [2.45, 2.75) is 76.7 Å². The van der Waals surface area contributed by atoms with Crippen LogP contribution in [0.1, 0.15) is 57.6 Å². The molecule has 3 heterocycles. The molecule has 2 aliphatic heterocycles. The SMILES string of the molecule is CC(C)OC(=O)N1CCCC(N(CC2CC(C(F)(F)F)CC(C(F)(F)F)C2)c2nn[nH]n2)c2cc3c(cc21)OC(F)(F)O3. The number of benzene rings is 1. The Labute approximate surface area is 239 Å². The van der Waals surface area contributed by atoms with E-state index in [9.17, 15) is 39.9 Å². The van der Waals surface area contributed by atoms with Crippen molar-refractivity contribution < 1.29 is 54.1 Å². The first-order valence-electron chi connectivity index (χ1n) is 13.6. The van der Waals surface area contributed by atoms with Crippen molar-refractivity contribution in [2.75, 3.05) is 22.9 Å². The summed E-state index contributed by atoms with van der Waals surface area (Å²) in [5.41, 5.74) is 0.297. The molecule has 3 aliphatic rings. The number of hydrogen-bond acceptors (Lipinski definition) is 8. The molecule has 238 valence electrons. The lowest BCUT2D eigenvalue weighted by Crippen LogP contribution is -2.43. The quantitative estimate of drug-likeness (QED) is 0.381. The maximum absolute atomic E-state index is 14.0. The van der Waals surface area contributed by atoms with E-state index in [0.29, 0.717) is 0 Å².